The van der Waals surface area contributed by atoms with Crippen molar-refractivity contribution < 1.29 is 142 Å². The van der Waals surface area contributed by atoms with Gasteiger partial charge in [-0.2, -0.15) is 0 Å². The van der Waals surface area contributed by atoms with E-state index in [9.17, 15) is 142 Å². The average molecular weight is 1900 g/mol. The van der Waals surface area contributed by atoms with E-state index < -0.39 is 280 Å². The van der Waals surface area contributed by atoms with Crippen LogP contribution in [0.1, 0.15) is 162 Å². The number of carbonyl (C=O) groups is 20. The summed E-state index contributed by atoms with van der Waals surface area (Å²) in [5.74, 6) is -24.9. The molecule has 46 nitrogen and oxygen atoms in total. The normalized spacial score (nSPS) is 15.1. The Morgan fingerprint density at radius 3 is 1.37 bits per heavy atom. The van der Waals surface area contributed by atoms with Crippen LogP contribution >= 0.6 is 0 Å². The third kappa shape index (κ3) is 37.5. The van der Waals surface area contributed by atoms with E-state index in [0.29, 0.717) is 42.5 Å². The number of aliphatic hydroxyl groups is 4. The zero-order valence-corrected chi connectivity index (χ0v) is 75.9. The zero-order valence-electron chi connectivity index (χ0n) is 75.9. The fourth-order valence-electron chi connectivity index (χ4n) is 13.8. The molecule has 46 heteroatoms. The van der Waals surface area contributed by atoms with Gasteiger partial charge in [-0.1, -0.05) is 107 Å². The fourth-order valence-corrected chi connectivity index (χ4v) is 13.8. The number of rotatable bonds is 58. The molecular formula is C89H123N17O29. The Bertz CT molecular complexity index is 4830. The first-order valence-electron chi connectivity index (χ1n) is 43.7. The molecule has 16 atom stereocenters. The molecule has 0 saturated carbocycles. The van der Waals surface area contributed by atoms with Crippen LogP contribution in [0, 0.1) is 18.8 Å². The lowest BCUT2D eigenvalue weighted by atomic mass is 9.96. The van der Waals surface area contributed by atoms with E-state index in [-0.39, 0.29) is 67.3 Å². The number of carboxylic acid groups (broad SMARTS) is 3. The lowest BCUT2D eigenvalue weighted by Gasteiger charge is -2.30. The van der Waals surface area contributed by atoms with E-state index in [1.54, 1.807) is 46.8 Å². The van der Waals surface area contributed by atoms with Crippen LogP contribution in [-0.4, -0.2) is 299 Å². The number of benzene rings is 4. The van der Waals surface area contributed by atoms with Crippen molar-refractivity contribution in [1.82, 2.24) is 84.7 Å². The van der Waals surface area contributed by atoms with Crippen molar-refractivity contribution in [2.45, 2.75) is 236 Å². The third-order valence-electron chi connectivity index (χ3n) is 21.5. The highest BCUT2D eigenvalue weighted by Crippen LogP contribution is 2.25. The van der Waals surface area contributed by atoms with Gasteiger partial charge in [0, 0.05) is 38.4 Å². The minimum absolute atomic E-state index is 0.0809. The van der Waals surface area contributed by atoms with Crippen molar-refractivity contribution in [3.63, 3.8) is 0 Å². The molecule has 0 bridgehead atoms. The number of unbranched alkanes of at least 4 members (excludes halogenated alkanes) is 1. The Kier molecular flexibility index (Phi) is 45.7. The van der Waals surface area contributed by atoms with Crippen molar-refractivity contribution >= 4 is 118 Å². The first-order chi connectivity index (χ1) is 63.8. The van der Waals surface area contributed by atoms with Gasteiger partial charge in [-0.05, 0) is 138 Å². The molecule has 1 aliphatic heterocycles. The summed E-state index contributed by atoms with van der Waals surface area (Å²) in [5, 5.41) is 128. The number of hydrogen-bond acceptors (Lipinski definition) is 27. The standard InChI is InChI=1S/C89H123N17O29/c1-9-47(5)73(85(131)99-61(38-53-21-26-55(112)27-22-53)80(126)96-60(35-45(2)3)79(125)97-63(39-71(118)119)78(124)93-48(6)15-13-14-32-90)104-84(130)66(44-108)101-77(123)59(29-23-51-19-24-54(111)25-20-51)95-81(127)64(40-72(120)121)98-83(129)65(43-107)102-87(133)75(50(8)110)105-82(128)62(37-52-16-11-10-12-17-52)100-86(132)74(49(7)109)103-69(115)42-92-76(122)58(30-31-70(116)117)94-68(114)41-67(113)91-33-34-106-88(134)56-28-18-46(4)36-57(56)89(106)135/h10-12,16-22,24-28,36,45,47-50,58-66,73-75,107-112H,9,13-15,23,29-35,37-44,90H2,1-8H3,(H,91,113)(H,92,122)(H,93,124)(H,94,114)(H,95,127)(H,96,126)(H,97,125)(H,98,129)(H,99,131)(H,100,132)(H,101,123)(H,102,133)(H,103,115)(H,104,130)(H,105,128)(H,116,117)(H,118,119)(H,120,121)/t47-,48+,49+,50+,58-,59-,60-,61-,62-,63-,64-,65-,66-,73-,74-,75-/m0/s1. The lowest BCUT2D eigenvalue weighted by Crippen LogP contribution is -2.63. The lowest BCUT2D eigenvalue weighted by molar-refractivity contribution is -0.142. The number of amides is 17. The Labute approximate surface area is 776 Å². The third-order valence-corrected chi connectivity index (χ3v) is 21.5. The van der Waals surface area contributed by atoms with Crippen LogP contribution in [0.3, 0.4) is 0 Å². The molecule has 0 spiro atoms. The summed E-state index contributed by atoms with van der Waals surface area (Å²) in [5.41, 5.74) is 7.78. The van der Waals surface area contributed by atoms with E-state index in [2.05, 4.69) is 79.8 Å². The van der Waals surface area contributed by atoms with Crippen LogP contribution in [0.5, 0.6) is 11.5 Å². The van der Waals surface area contributed by atoms with E-state index in [0.717, 1.165) is 24.3 Å². The van der Waals surface area contributed by atoms with Gasteiger partial charge in [-0.25, -0.2) is 0 Å². The van der Waals surface area contributed by atoms with Gasteiger partial charge >= 0.3 is 17.9 Å². The zero-order chi connectivity index (χ0) is 101. The Balaban J connectivity index is 1.30. The molecular weight excluding hydrogens is 1770 g/mol. The van der Waals surface area contributed by atoms with Gasteiger partial charge in [0.2, 0.25) is 88.6 Å². The van der Waals surface area contributed by atoms with Gasteiger partial charge < -0.3 is 131 Å². The molecule has 26 N–H and O–H groups in total. The number of nitrogens with zero attached hydrogens (tertiary/aromatic N) is 1. The molecule has 0 radical (unpaired) electrons. The van der Waals surface area contributed by atoms with Gasteiger partial charge in [0.15, 0.2) is 0 Å². The van der Waals surface area contributed by atoms with Crippen LogP contribution in [-0.2, 0) is 106 Å². The van der Waals surface area contributed by atoms with Crippen molar-refractivity contribution in [2.24, 2.45) is 17.6 Å². The second kappa shape index (κ2) is 55.4. The molecule has 17 amide bonds. The first-order valence-corrected chi connectivity index (χ1v) is 43.7. The van der Waals surface area contributed by atoms with Crippen LogP contribution in [0.4, 0.5) is 0 Å². The van der Waals surface area contributed by atoms with Crippen LogP contribution in [0.2, 0.25) is 0 Å². The number of nitrogens with one attached hydrogen (secondary N) is 15. The number of aromatic hydroxyl groups is 2. The largest absolute Gasteiger partial charge is 0.508 e. The highest BCUT2D eigenvalue weighted by atomic mass is 16.4. The molecule has 1 heterocycles. The van der Waals surface area contributed by atoms with E-state index >= 15 is 0 Å². The van der Waals surface area contributed by atoms with Gasteiger partial charge in [-0.3, -0.25) is 101 Å². The number of carboxylic acids is 3. The Morgan fingerprint density at radius 1 is 0.407 bits per heavy atom. The number of aryl methyl sites for hydroxylation is 2. The number of aliphatic carboxylic acids is 3. The van der Waals surface area contributed by atoms with E-state index in [4.69, 9.17) is 5.73 Å². The molecule has 0 aromatic heterocycles. The van der Waals surface area contributed by atoms with Gasteiger partial charge in [0.25, 0.3) is 11.8 Å². The predicted molar refractivity (Wildman–Crippen MR) is 477 cm³/mol. The smallest absolute Gasteiger partial charge is 0.305 e. The maximum Gasteiger partial charge on any atom is 0.305 e. The number of carbonyl (C=O) groups excluding carboxylic acids is 17. The number of phenols is 2. The summed E-state index contributed by atoms with van der Waals surface area (Å²) in [6.07, 6.45) is -7.57. The molecule has 4 aromatic carbocycles. The minimum atomic E-state index is -2.22. The van der Waals surface area contributed by atoms with E-state index in [1.807, 2.05) is 0 Å². The van der Waals surface area contributed by atoms with Crippen LogP contribution in [0.25, 0.3) is 0 Å². The van der Waals surface area contributed by atoms with Gasteiger partial charge in [-0.15, -0.1) is 0 Å². The topological polar surface area (TPSA) is 733 Å². The maximum atomic E-state index is 14.7. The van der Waals surface area contributed by atoms with Crippen molar-refractivity contribution in [2.75, 3.05) is 39.4 Å². The molecule has 0 unspecified atom stereocenters. The Morgan fingerprint density at radius 2 is 0.844 bits per heavy atom. The fraction of sp³-hybridized carbons (Fsp3) is 0.506. The summed E-state index contributed by atoms with van der Waals surface area (Å²) < 4.78 is 0. The molecule has 0 fully saturated rings. The number of fused-ring (bicyclic) bond motifs is 1. The second-order valence-corrected chi connectivity index (χ2v) is 33.1. The number of imide groups is 1. The minimum Gasteiger partial charge on any atom is -0.508 e. The molecule has 1 aliphatic rings. The number of phenolic OH excluding ortho intramolecular Hbond substituents is 2. The van der Waals surface area contributed by atoms with Crippen molar-refractivity contribution in [1.29, 1.82) is 0 Å². The van der Waals surface area contributed by atoms with Gasteiger partial charge in [0.05, 0.1) is 55.9 Å². The maximum absolute atomic E-state index is 14.7. The Hall–Kier alpha value is -14.1. The quantitative estimate of drug-likeness (QED) is 0.0112. The summed E-state index contributed by atoms with van der Waals surface area (Å²) in [6.45, 7) is 8.27. The molecule has 0 saturated heterocycles. The average Bonchev–Trinajstić information content (AvgIpc) is 1.63. The summed E-state index contributed by atoms with van der Waals surface area (Å²) in [6, 6.07) is 0.648. The predicted octanol–water partition coefficient (Wildman–Crippen LogP) is -5.15. The summed E-state index contributed by atoms with van der Waals surface area (Å²) >= 11 is 0. The van der Waals surface area contributed by atoms with Crippen LogP contribution in [0.15, 0.2) is 97.1 Å². The molecule has 4 aromatic rings. The van der Waals surface area contributed by atoms with Gasteiger partial charge in [0.1, 0.15) is 90.4 Å². The molecule has 0 aliphatic carbocycles. The summed E-state index contributed by atoms with van der Waals surface area (Å²) in [4.78, 5) is 273. The number of nitrogens with two attached hydrogens (primary N) is 1. The van der Waals surface area contributed by atoms with E-state index in [1.165, 1.54) is 91.9 Å². The number of hydrogen-bond donors (Lipinski definition) is 25. The second-order valence-electron chi connectivity index (χ2n) is 33.1. The number of aliphatic hydroxyl groups excluding tert-OH is 4. The highest BCUT2D eigenvalue weighted by Gasteiger charge is 2.41. The molecule has 5 rings (SSSR count). The molecule has 135 heavy (non-hydrogen) atoms. The SMILES string of the molecule is CC[C@H](C)[C@H](NC(=O)[C@H](CO)NC(=O)[C@H](CCc1ccc(O)cc1)NC(=O)[C@H](CC(=O)O)NC(=O)[C@H](CO)NC(=O)[C@@H](NC(=O)[C@H](Cc1ccccc1)NC(=O)[C@@H](NC(=O)CNC(=O)[C@H](CCC(=O)O)NC(=O)CC(=O)NCCN1C(=O)c2ccc(C)cc2C1=O)[C@@H](C)O)[C@@H](C)O)C(=O)N[C@@H](Cc1ccc(O)cc1)C(=O)N[C@@H](CC(C)C)C(=O)N[C@@H](CC(=O)O)C(=O)N[C@H](C)CCCCN. The van der Waals surface area contributed by atoms with Crippen molar-refractivity contribution in [3.05, 3.63) is 130 Å². The van der Waals surface area contributed by atoms with Crippen molar-refractivity contribution in [3.8, 4) is 11.5 Å². The monoisotopic (exact) mass is 1890 g/mol. The van der Waals surface area contributed by atoms with Crippen LogP contribution < -0.4 is 85.5 Å². The summed E-state index contributed by atoms with van der Waals surface area (Å²) in [7, 11) is 0. The highest BCUT2D eigenvalue weighted by molar-refractivity contribution is 6.21. The first kappa shape index (κ1) is 111. The molecule has 738 valence electrons.